The van der Waals surface area contributed by atoms with Gasteiger partial charge in [-0.1, -0.05) is 19.1 Å². The van der Waals surface area contributed by atoms with E-state index in [0.29, 0.717) is 19.6 Å². The number of ether oxygens (including phenoxy) is 1. The number of nitrogens with zero attached hydrogens (tertiary/aromatic N) is 5. The predicted octanol–water partition coefficient (Wildman–Crippen LogP) is 2.63. The molecule has 31 heavy (non-hydrogen) atoms. The Labute approximate surface area is 183 Å². The van der Waals surface area contributed by atoms with Gasteiger partial charge in [0, 0.05) is 39.3 Å². The highest BCUT2D eigenvalue weighted by Gasteiger charge is 2.09. The molecule has 0 saturated carbocycles. The monoisotopic (exact) mass is 424 g/mol. The van der Waals surface area contributed by atoms with E-state index in [9.17, 15) is 0 Å². The smallest absolute Gasteiger partial charge is 0.191 e. The molecule has 0 aliphatic carbocycles. The molecule has 2 heterocycles. The zero-order valence-corrected chi connectivity index (χ0v) is 18.9. The van der Waals surface area contributed by atoms with Gasteiger partial charge >= 0.3 is 0 Å². The molecule has 0 radical (unpaired) electrons. The number of aliphatic imine (C=N–C) groups is 1. The average molecular weight is 425 g/mol. The molecule has 166 valence electrons. The summed E-state index contributed by atoms with van der Waals surface area (Å²) in [7, 11) is 3.63. The molecule has 3 rings (SSSR count). The van der Waals surface area contributed by atoms with Crippen molar-refractivity contribution in [2.75, 3.05) is 25.5 Å². The molecule has 1 atom stereocenters. The maximum Gasteiger partial charge on any atom is 0.191 e. The van der Waals surface area contributed by atoms with E-state index in [4.69, 9.17) is 4.74 Å². The van der Waals surface area contributed by atoms with Crippen LogP contribution in [-0.4, -0.2) is 51.9 Å². The summed E-state index contributed by atoms with van der Waals surface area (Å²) in [5.41, 5.74) is 3.09. The van der Waals surface area contributed by atoms with E-state index in [-0.39, 0.29) is 6.10 Å². The molecular weight excluding hydrogens is 392 g/mol. The van der Waals surface area contributed by atoms with Gasteiger partial charge in [0.1, 0.15) is 17.9 Å². The van der Waals surface area contributed by atoms with Crippen molar-refractivity contribution in [3.8, 4) is 5.75 Å². The first-order valence-corrected chi connectivity index (χ1v) is 10.6. The van der Waals surface area contributed by atoms with Crippen molar-refractivity contribution >= 4 is 22.8 Å². The van der Waals surface area contributed by atoms with Crippen LogP contribution in [0, 0.1) is 6.92 Å². The number of hydrogen-bond donors (Lipinski definition) is 3. The summed E-state index contributed by atoms with van der Waals surface area (Å²) in [6.45, 7) is 8.26. The van der Waals surface area contributed by atoms with Crippen LogP contribution < -0.4 is 20.7 Å². The van der Waals surface area contributed by atoms with Crippen LogP contribution in [-0.2, 0) is 13.6 Å². The second-order valence-electron chi connectivity index (χ2n) is 7.45. The molecule has 2 aromatic heterocycles. The Balaban J connectivity index is 1.51. The Morgan fingerprint density at radius 1 is 1.23 bits per heavy atom. The van der Waals surface area contributed by atoms with Crippen LogP contribution in [0.25, 0.3) is 11.0 Å². The molecule has 0 fully saturated rings. The van der Waals surface area contributed by atoms with Crippen LogP contribution >= 0.6 is 0 Å². The molecule has 1 aromatic carbocycles. The van der Waals surface area contributed by atoms with E-state index in [1.165, 1.54) is 5.56 Å². The van der Waals surface area contributed by atoms with Crippen molar-refractivity contribution in [1.29, 1.82) is 0 Å². The van der Waals surface area contributed by atoms with Gasteiger partial charge in [0.05, 0.1) is 17.7 Å². The zero-order chi connectivity index (χ0) is 22.2. The molecule has 0 aliphatic heterocycles. The van der Waals surface area contributed by atoms with Crippen molar-refractivity contribution in [3.63, 3.8) is 0 Å². The van der Waals surface area contributed by atoms with E-state index >= 15 is 0 Å². The minimum absolute atomic E-state index is 0.178. The number of nitrogens with one attached hydrogen (secondary N) is 3. The summed E-state index contributed by atoms with van der Waals surface area (Å²) in [5.74, 6) is 2.42. The minimum Gasteiger partial charge on any atom is -0.490 e. The molecular formula is C22H32N8O. The third-order valence-corrected chi connectivity index (χ3v) is 5.03. The quantitative estimate of drug-likeness (QED) is 0.276. The molecule has 3 N–H and O–H groups in total. The first-order chi connectivity index (χ1) is 15.0. The average Bonchev–Trinajstić information content (AvgIpc) is 3.16. The van der Waals surface area contributed by atoms with Gasteiger partial charge in [-0.15, -0.1) is 0 Å². The highest BCUT2D eigenvalue weighted by molar-refractivity contribution is 5.86. The van der Waals surface area contributed by atoms with Crippen LogP contribution in [0.1, 0.15) is 31.4 Å². The zero-order valence-electron chi connectivity index (χ0n) is 18.9. The predicted molar refractivity (Wildman–Crippen MR) is 125 cm³/mol. The van der Waals surface area contributed by atoms with Gasteiger partial charge in [-0.3, -0.25) is 9.67 Å². The standard InChI is InChI=1S/C22H32N8O/c1-6-16(3)31-19-11-15(2)7-8-17(19)12-26-22(23-4)25-10-9-24-20-18-13-29-30(5)21(18)28-14-27-20/h7-8,11,13-14,16H,6,9-10,12H2,1-5H3,(H2,23,25,26)(H,24,27,28). The van der Waals surface area contributed by atoms with Crippen molar-refractivity contribution in [2.45, 2.75) is 39.8 Å². The van der Waals surface area contributed by atoms with Crippen molar-refractivity contribution in [1.82, 2.24) is 30.4 Å². The molecule has 0 aliphatic rings. The highest BCUT2D eigenvalue weighted by Crippen LogP contribution is 2.22. The number of guanidine groups is 1. The van der Waals surface area contributed by atoms with E-state index in [0.717, 1.165) is 40.5 Å². The Morgan fingerprint density at radius 2 is 2.06 bits per heavy atom. The number of aryl methyl sites for hydroxylation is 2. The Kier molecular flexibility index (Phi) is 7.64. The summed E-state index contributed by atoms with van der Waals surface area (Å²) in [6, 6.07) is 6.29. The fraction of sp³-hybridized carbons (Fsp3) is 0.455. The van der Waals surface area contributed by atoms with Gasteiger partial charge in [-0.25, -0.2) is 9.97 Å². The number of hydrogen-bond acceptors (Lipinski definition) is 6. The normalized spacial score (nSPS) is 12.6. The number of benzene rings is 1. The molecule has 9 nitrogen and oxygen atoms in total. The molecule has 9 heteroatoms. The van der Waals surface area contributed by atoms with Crippen LogP contribution in [0.4, 0.5) is 5.82 Å². The number of fused-ring (bicyclic) bond motifs is 1. The van der Waals surface area contributed by atoms with Gasteiger partial charge in [0.15, 0.2) is 11.6 Å². The van der Waals surface area contributed by atoms with Crippen LogP contribution in [0.15, 0.2) is 35.7 Å². The van der Waals surface area contributed by atoms with Crippen LogP contribution in [0.5, 0.6) is 5.75 Å². The first kappa shape index (κ1) is 22.3. The second kappa shape index (κ2) is 10.6. The summed E-state index contributed by atoms with van der Waals surface area (Å²) < 4.78 is 7.83. The number of rotatable bonds is 9. The fourth-order valence-corrected chi connectivity index (χ4v) is 3.08. The molecule has 3 aromatic rings. The molecule has 1 unspecified atom stereocenters. The molecule has 0 amide bonds. The van der Waals surface area contributed by atoms with Gasteiger partial charge in [0.25, 0.3) is 0 Å². The van der Waals surface area contributed by atoms with Gasteiger partial charge in [-0.2, -0.15) is 5.10 Å². The molecule has 0 saturated heterocycles. The molecule has 0 bridgehead atoms. The van der Waals surface area contributed by atoms with Gasteiger partial charge < -0.3 is 20.7 Å². The van der Waals surface area contributed by atoms with E-state index in [1.807, 2.05) is 7.05 Å². The van der Waals surface area contributed by atoms with Crippen molar-refractivity contribution < 1.29 is 4.74 Å². The Hall–Kier alpha value is -3.36. The lowest BCUT2D eigenvalue weighted by atomic mass is 10.1. The largest absolute Gasteiger partial charge is 0.490 e. The van der Waals surface area contributed by atoms with E-state index in [2.05, 4.69) is 75.0 Å². The number of aromatic nitrogens is 4. The fourth-order valence-electron chi connectivity index (χ4n) is 3.08. The summed E-state index contributed by atoms with van der Waals surface area (Å²) in [6.07, 6.45) is 4.46. The third-order valence-electron chi connectivity index (χ3n) is 5.03. The SMILES string of the molecule is CCC(C)Oc1cc(C)ccc1CNC(=NC)NCCNc1ncnc2c1cnn2C. The van der Waals surface area contributed by atoms with Crippen molar-refractivity contribution in [3.05, 3.63) is 41.9 Å². The minimum atomic E-state index is 0.178. The third kappa shape index (κ3) is 5.84. The topological polar surface area (TPSA) is 101 Å². The lowest BCUT2D eigenvalue weighted by Gasteiger charge is -2.18. The van der Waals surface area contributed by atoms with E-state index in [1.54, 1.807) is 24.3 Å². The Morgan fingerprint density at radius 3 is 2.84 bits per heavy atom. The summed E-state index contributed by atoms with van der Waals surface area (Å²) in [4.78, 5) is 12.9. The summed E-state index contributed by atoms with van der Waals surface area (Å²) in [5, 5.41) is 15.1. The van der Waals surface area contributed by atoms with Crippen LogP contribution in [0.2, 0.25) is 0 Å². The van der Waals surface area contributed by atoms with Crippen LogP contribution in [0.3, 0.4) is 0 Å². The lowest BCUT2D eigenvalue weighted by molar-refractivity contribution is 0.215. The van der Waals surface area contributed by atoms with Crippen molar-refractivity contribution in [2.24, 2.45) is 12.0 Å². The Bertz CT molecular complexity index is 1030. The number of anilines is 1. The highest BCUT2D eigenvalue weighted by atomic mass is 16.5. The maximum absolute atomic E-state index is 6.10. The first-order valence-electron chi connectivity index (χ1n) is 10.6. The molecule has 0 spiro atoms. The second-order valence-corrected chi connectivity index (χ2v) is 7.45. The van der Waals surface area contributed by atoms with Gasteiger partial charge in [0.2, 0.25) is 0 Å². The lowest BCUT2D eigenvalue weighted by Crippen LogP contribution is -2.39. The van der Waals surface area contributed by atoms with Gasteiger partial charge in [-0.05, 0) is 31.9 Å². The summed E-state index contributed by atoms with van der Waals surface area (Å²) >= 11 is 0. The van der Waals surface area contributed by atoms with E-state index < -0.39 is 0 Å². The maximum atomic E-state index is 6.10.